The zero-order valence-corrected chi connectivity index (χ0v) is 19.1. The molecule has 7 nitrogen and oxygen atoms in total. The Labute approximate surface area is 182 Å². The van der Waals surface area contributed by atoms with Gasteiger partial charge >= 0.3 is 5.97 Å². The molecular formula is C21H25ClN2O5S. The summed E-state index contributed by atoms with van der Waals surface area (Å²) in [6.45, 7) is 6.84. The first kappa shape index (κ1) is 23.7. The van der Waals surface area contributed by atoms with Crippen molar-refractivity contribution in [2.45, 2.75) is 33.7 Å². The molecule has 0 aliphatic carbocycles. The molecule has 0 spiro atoms. The van der Waals surface area contributed by atoms with Gasteiger partial charge in [-0.3, -0.25) is 9.10 Å². The summed E-state index contributed by atoms with van der Waals surface area (Å²) in [7, 11) is -3.79. The minimum absolute atomic E-state index is 0.230. The lowest BCUT2D eigenvalue weighted by atomic mass is 10.1. The van der Waals surface area contributed by atoms with Gasteiger partial charge in [0.2, 0.25) is 15.9 Å². The van der Waals surface area contributed by atoms with E-state index in [2.05, 4.69) is 5.32 Å². The van der Waals surface area contributed by atoms with Crippen LogP contribution in [-0.2, 0) is 19.6 Å². The Morgan fingerprint density at radius 1 is 1.20 bits per heavy atom. The van der Waals surface area contributed by atoms with E-state index in [9.17, 15) is 18.0 Å². The summed E-state index contributed by atoms with van der Waals surface area (Å²) < 4.78 is 31.1. The lowest BCUT2D eigenvalue weighted by Gasteiger charge is -2.29. The van der Waals surface area contributed by atoms with E-state index >= 15 is 0 Å². The number of ether oxygens (including phenoxy) is 1. The fourth-order valence-corrected chi connectivity index (χ4v) is 4.43. The van der Waals surface area contributed by atoms with Crippen LogP contribution in [0.3, 0.4) is 0 Å². The summed E-state index contributed by atoms with van der Waals surface area (Å²) in [6, 6.07) is 8.64. The Balaban J connectivity index is 2.39. The number of rotatable bonds is 7. The third kappa shape index (κ3) is 5.31. The zero-order chi connectivity index (χ0) is 22.6. The number of carbonyl (C=O) groups is 2. The largest absolute Gasteiger partial charge is 0.462 e. The monoisotopic (exact) mass is 452 g/mol. The van der Waals surface area contributed by atoms with Crippen LogP contribution in [0.5, 0.6) is 0 Å². The number of halogens is 1. The van der Waals surface area contributed by atoms with Crippen LogP contribution in [0, 0.1) is 13.8 Å². The maximum atomic E-state index is 13.0. The maximum absolute atomic E-state index is 13.0. The summed E-state index contributed by atoms with van der Waals surface area (Å²) in [5.74, 6) is -1.05. The predicted molar refractivity (Wildman–Crippen MR) is 119 cm³/mol. The quantitative estimate of drug-likeness (QED) is 0.642. The molecule has 9 heteroatoms. The van der Waals surface area contributed by atoms with Gasteiger partial charge in [0.05, 0.1) is 24.1 Å². The normalized spacial score (nSPS) is 12.2. The van der Waals surface area contributed by atoms with Crippen LogP contribution in [-0.4, -0.2) is 39.2 Å². The van der Waals surface area contributed by atoms with Gasteiger partial charge in [-0.2, -0.15) is 0 Å². The molecule has 0 radical (unpaired) electrons. The van der Waals surface area contributed by atoms with E-state index in [0.29, 0.717) is 33.1 Å². The standard InChI is InChI=1S/C21H25ClN2O5S/c1-6-29-21(26)17-8-7-9-18(14(17)3)23-20(25)15(4)24(30(5,27)28)19-12-16(22)11-10-13(19)2/h7-12,15H,6H2,1-5H3,(H,23,25). The van der Waals surface area contributed by atoms with Crippen molar-refractivity contribution in [2.24, 2.45) is 0 Å². The van der Waals surface area contributed by atoms with Gasteiger partial charge in [-0.05, 0) is 63.1 Å². The van der Waals surface area contributed by atoms with E-state index in [-0.39, 0.29) is 6.61 Å². The Kier molecular flexibility index (Phi) is 7.49. The molecule has 0 saturated heterocycles. The van der Waals surface area contributed by atoms with E-state index in [4.69, 9.17) is 16.3 Å². The van der Waals surface area contributed by atoms with Crippen molar-refractivity contribution in [3.05, 3.63) is 58.1 Å². The fraction of sp³-hybridized carbons (Fsp3) is 0.333. The van der Waals surface area contributed by atoms with Gasteiger partial charge in [-0.15, -0.1) is 0 Å². The van der Waals surface area contributed by atoms with Gasteiger partial charge in [-0.25, -0.2) is 13.2 Å². The molecule has 2 aromatic rings. The molecule has 0 aliphatic rings. The molecule has 0 aromatic heterocycles. The molecule has 1 unspecified atom stereocenters. The van der Waals surface area contributed by atoms with E-state index < -0.39 is 27.9 Å². The van der Waals surface area contributed by atoms with Crippen molar-refractivity contribution in [2.75, 3.05) is 22.5 Å². The highest BCUT2D eigenvalue weighted by atomic mass is 35.5. The van der Waals surface area contributed by atoms with E-state index in [1.165, 1.54) is 13.0 Å². The van der Waals surface area contributed by atoms with Gasteiger partial charge in [0, 0.05) is 10.7 Å². The second-order valence-electron chi connectivity index (χ2n) is 6.85. The van der Waals surface area contributed by atoms with Gasteiger partial charge in [0.1, 0.15) is 6.04 Å². The molecule has 2 rings (SSSR count). The molecule has 1 amide bonds. The Bertz CT molecular complexity index is 1070. The van der Waals surface area contributed by atoms with Crippen molar-refractivity contribution in [1.29, 1.82) is 0 Å². The summed E-state index contributed by atoms with van der Waals surface area (Å²) in [5, 5.41) is 3.07. The minimum atomic E-state index is -3.79. The Morgan fingerprint density at radius 3 is 2.47 bits per heavy atom. The fourth-order valence-electron chi connectivity index (χ4n) is 3.04. The van der Waals surface area contributed by atoms with Crippen molar-refractivity contribution in [3.8, 4) is 0 Å². The third-order valence-electron chi connectivity index (χ3n) is 4.58. The number of hydrogen-bond acceptors (Lipinski definition) is 5. The molecule has 30 heavy (non-hydrogen) atoms. The van der Waals surface area contributed by atoms with Crippen LogP contribution >= 0.6 is 11.6 Å². The number of nitrogens with zero attached hydrogens (tertiary/aromatic N) is 1. The lowest BCUT2D eigenvalue weighted by Crippen LogP contribution is -2.45. The van der Waals surface area contributed by atoms with E-state index in [1.54, 1.807) is 51.1 Å². The van der Waals surface area contributed by atoms with Crippen molar-refractivity contribution in [3.63, 3.8) is 0 Å². The number of hydrogen-bond donors (Lipinski definition) is 1. The zero-order valence-electron chi connectivity index (χ0n) is 17.5. The first-order chi connectivity index (χ1) is 14.0. The maximum Gasteiger partial charge on any atom is 0.338 e. The van der Waals surface area contributed by atoms with Gasteiger partial charge < -0.3 is 10.1 Å². The average Bonchev–Trinajstić information content (AvgIpc) is 2.65. The van der Waals surface area contributed by atoms with Gasteiger partial charge in [0.25, 0.3) is 0 Å². The van der Waals surface area contributed by atoms with Crippen molar-refractivity contribution in [1.82, 2.24) is 0 Å². The average molecular weight is 453 g/mol. The Morgan fingerprint density at radius 2 is 1.87 bits per heavy atom. The summed E-state index contributed by atoms with van der Waals surface area (Å²) in [5.41, 5.74) is 2.23. The minimum Gasteiger partial charge on any atom is -0.462 e. The molecule has 1 atom stereocenters. The van der Waals surface area contributed by atoms with Gasteiger partial charge in [0.15, 0.2) is 0 Å². The molecular weight excluding hydrogens is 428 g/mol. The molecule has 0 bridgehead atoms. The summed E-state index contributed by atoms with van der Waals surface area (Å²) in [6.07, 6.45) is 1.03. The molecule has 2 aromatic carbocycles. The number of aryl methyl sites for hydroxylation is 1. The van der Waals surface area contributed by atoms with Crippen LogP contribution in [0.25, 0.3) is 0 Å². The second kappa shape index (κ2) is 9.49. The Hall–Kier alpha value is -2.58. The predicted octanol–water partition coefficient (Wildman–Crippen LogP) is 3.93. The highest BCUT2D eigenvalue weighted by Crippen LogP contribution is 2.29. The molecule has 162 valence electrons. The van der Waals surface area contributed by atoms with Crippen molar-refractivity contribution >= 4 is 44.9 Å². The van der Waals surface area contributed by atoms with Crippen LogP contribution in [0.1, 0.15) is 35.3 Å². The molecule has 0 fully saturated rings. The third-order valence-corrected chi connectivity index (χ3v) is 6.05. The number of nitrogens with one attached hydrogen (secondary N) is 1. The van der Waals surface area contributed by atoms with E-state index in [1.807, 2.05) is 0 Å². The van der Waals surface area contributed by atoms with Gasteiger partial charge in [-0.1, -0.05) is 23.7 Å². The number of anilines is 2. The highest BCUT2D eigenvalue weighted by molar-refractivity contribution is 7.92. The van der Waals surface area contributed by atoms with Crippen LogP contribution in [0.4, 0.5) is 11.4 Å². The number of amides is 1. The van der Waals surface area contributed by atoms with Crippen LogP contribution in [0.2, 0.25) is 5.02 Å². The topological polar surface area (TPSA) is 92.8 Å². The molecule has 0 heterocycles. The highest BCUT2D eigenvalue weighted by Gasteiger charge is 2.30. The SMILES string of the molecule is CCOC(=O)c1cccc(NC(=O)C(C)N(c2cc(Cl)ccc2C)S(C)(=O)=O)c1C. The second-order valence-corrected chi connectivity index (χ2v) is 9.15. The number of benzene rings is 2. The number of carbonyl (C=O) groups excluding carboxylic acids is 2. The number of sulfonamides is 1. The van der Waals surface area contributed by atoms with Crippen LogP contribution < -0.4 is 9.62 Å². The smallest absolute Gasteiger partial charge is 0.338 e. The first-order valence-corrected chi connectivity index (χ1v) is 11.5. The summed E-state index contributed by atoms with van der Waals surface area (Å²) in [4.78, 5) is 25.1. The van der Waals surface area contributed by atoms with Crippen LogP contribution in [0.15, 0.2) is 36.4 Å². The number of esters is 1. The first-order valence-electron chi connectivity index (χ1n) is 9.30. The van der Waals surface area contributed by atoms with Crippen molar-refractivity contribution < 1.29 is 22.7 Å². The lowest BCUT2D eigenvalue weighted by molar-refractivity contribution is -0.116. The molecule has 0 aliphatic heterocycles. The molecule has 0 saturated carbocycles. The molecule has 1 N–H and O–H groups in total. The summed E-state index contributed by atoms with van der Waals surface area (Å²) >= 11 is 6.05. The van der Waals surface area contributed by atoms with E-state index in [0.717, 1.165) is 10.6 Å².